The van der Waals surface area contributed by atoms with Gasteiger partial charge in [0.25, 0.3) is 0 Å². The van der Waals surface area contributed by atoms with E-state index in [9.17, 15) is 19.5 Å². The van der Waals surface area contributed by atoms with E-state index in [1.165, 1.54) is 20.1 Å². The maximum Gasteiger partial charge on any atom is 0.247 e. The number of aliphatic hydroxyl groups is 1. The number of aromatic nitrogens is 2. The number of fused-ring (bicyclic) bond motifs is 4. The number of aromatic amines is 1. The number of H-pyrrole nitrogens is 1. The molecule has 3 aromatic carbocycles. The molecule has 4 aromatic rings. The topological polar surface area (TPSA) is 164 Å². The van der Waals surface area contributed by atoms with Gasteiger partial charge in [0.1, 0.15) is 18.5 Å². The van der Waals surface area contributed by atoms with Crippen LogP contribution < -0.4 is 35.6 Å². The second-order valence-electron chi connectivity index (χ2n) is 11.7. The summed E-state index contributed by atoms with van der Waals surface area (Å²) >= 11 is 0. The standard InChI is InChI=1S/C35H41N5O7/c1-7-18(2)32(35(44)37-21-9-12-25-27(15-21)39-30(17-41)38-25)40-26-13-10-22-23(16-28(26)43)24(36-19(3)42)11-8-20-14-29(45-4)33(46-5)34(47-6)31(20)22/h9-10,12-16,18,24,32,41H,7-8,11,17H2,1-6H3,(H,36,42)(H,37,44)(H,38,39)(H,40,43)/t18-,24+,32+/m1/s1. The molecular weight excluding hydrogens is 602 g/mol. The Kier molecular flexibility index (Phi) is 10.00. The largest absolute Gasteiger partial charge is 0.493 e. The number of amides is 2. The lowest BCUT2D eigenvalue weighted by atomic mass is 9.95. The van der Waals surface area contributed by atoms with Crippen LogP contribution in [-0.4, -0.2) is 54.3 Å². The van der Waals surface area contributed by atoms with Crippen LogP contribution in [0, 0.1) is 5.92 Å². The third-order valence-corrected chi connectivity index (χ3v) is 8.67. The number of imidazole rings is 1. The zero-order chi connectivity index (χ0) is 33.8. The predicted molar refractivity (Wildman–Crippen MR) is 180 cm³/mol. The Bertz CT molecular complexity index is 1870. The van der Waals surface area contributed by atoms with Gasteiger partial charge in [-0.3, -0.25) is 14.4 Å². The van der Waals surface area contributed by atoms with Crippen molar-refractivity contribution in [1.82, 2.24) is 15.3 Å². The van der Waals surface area contributed by atoms with E-state index in [0.29, 0.717) is 70.2 Å². The van der Waals surface area contributed by atoms with Crippen LogP contribution in [0.3, 0.4) is 0 Å². The number of benzene rings is 2. The monoisotopic (exact) mass is 643 g/mol. The molecular formula is C35H41N5O7. The highest BCUT2D eigenvalue weighted by Gasteiger charge is 2.30. The lowest BCUT2D eigenvalue weighted by Gasteiger charge is -2.24. The van der Waals surface area contributed by atoms with Gasteiger partial charge in [-0.2, -0.15) is 0 Å². The van der Waals surface area contributed by atoms with Crippen molar-refractivity contribution < 1.29 is 28.9 Å². The molecule has 0 bridgehead atoms. The number of nitrogens with zero attached hydrogens (tertiary/aromatic N) is 1. The Morgan fingerprint density at radius 3 is 2.49 bits per heavy atom. The van der Waals surface area contributed by atoms with Crippen molar-refractivity contribution in [2.24, 2.45) is 5.92 Å². The Balaban J connectivity index is 1.58. The van der Waals surface area contributed by atoms with Crippen LogP contribution in [0.1, 0.15) is 56.6 Å². The molecule has 12 heteroatoms. The zero-order valence-electron chi connectivity index (χ0n) is 27.4. The quantitative estimate of drug-likeness (QED) is 0.156. The molecule has 12 nitrogen and oxygen atoms in total. The average Bonchev–Trinajstić information content (AvgIpc) is 3.34. The number of hydrogen-bond donors (Lipinski definition) is 5. The minimum atomic E-state index is -0.752. The molecule has 0 unspecified atom stereocenters. The third kappa shape index (κ3) is 6.73. The summed E-state index contributed by atoms with van der Waals surface area (Å²) in [4.78, 5) is 47.3. The van der Waals surface area contributed by atoms with E-state index in [2.05, 4.69) is 25.9 Å². The van der Waals surface area contributed by atoms with Gasteiger partial charge >= 0.3 is 0 Å². The van der Waals surface area contributed by atoms with E-state index >= 15 is 0 Å². The van der Waals surface area contributed by atoms with Crippen LogP contribution in [0.4, 0.5) is 11.4 Å². The van der Waals surface area contributed by atoms with E-state index < -0.39 is 12.1 Å². The number of aliphatic hydroxyl groups excluding tert-OH is 1. The van der Waals surface area contributed by atoms with Gasteiger partial charge in [-0.05, 0) is 71.8 Å². The van der Waals surface area contributed by atoms with Crippen LogP contribution in [-0.2, 0) is 22.6 Å². The minimum absolute atomic E-state index is 0.140. The molecule has 47 heavy (non-hydrogen) atoms. The summed E-state index contributed by atoms with van der Waals surface area (Å²) in [5.74, 6) is 1.14. The van der Waals surface area contributed by atoms with Gasteiger partial charge in [0.2, 0.25) is 23.0 Å². The summed E-state index contributed by atoms with van der Waals surface area (Å²) < 4.78 is 17.2. The van der Waals surface area contributed by atoms with Crippen LogP contribution in [0.15, 0.2) is 47.3 Å². The van der Waals surface area contributed by atoms with Gasteiger partial charge in [0.05, 0.1) is 44.1 Å². The van der Waals surface area contributed by atoms with Crippen molar-refractivity contribution in [2.45, 2.75) is 58.7 Å². The fourth-order valence-corrected chi connectivity index (χ4v) is 6.13. The second-order valence-corrected chi connectivity index (χ2v) is 11.7. The normalized spacial score (nSPS) is 15.0. The number of methoxy groups -OCH3 is 3. The SMILES string of the molecule is CC[C@@H](C)[C@H](Nc1ccc2c(cc1=O)[C@@H](NC(C)=O)CCc1cc(OC)c(OC)c(OC)c1-2)C(=O)Nc1ccc2nc(CO)[nH]c2c1. The molecule has 0 fully saturated rings. The lowest BCUT2D eigenvalue weighted by molar-refractivity contribution is -0.120. The number of nitrogens with one attached hydrogen (secondary N) is 4. The summed E-state index contributed by atoms with van der Waals surface area (Å²) in [7, 11) is 4.64. The number of carbonyl (C=O) groups excluding carboxylic acids is 2. The molecule has 3 atom stereocenters. The number of carbonyl (C=O) groups is 2. The molecule has 1 aromatic heterocycles. The van der Waals surface area contributed by atoms with Gasteiger partial charge < -0.3 is 40.3 Å². The van der Waals surface area contributed by atoms with Crippen molar-refractivity contribution in [1.29, 1.82) is 0 Å². The van der Waals surface area contributed by atoms with E-state index in [-0.39, 0.29) is 35.5 Å². The summed E-state index contributed by atoms with van der Waals surface area (Å²) in [5, 5.41) is 18.6. The zero-order valence-corrected chi connectivity index (χ0v) is 27.4. The average molecular weight is 644 g/mol. The summed E-state index contributed by atoms with van der Waals surface area (Å²) in [6.07, 6.45) is 1.78. The van der Waals surface area contributed by atoms with Gasteiger partial charge in [-0.1, -0.05) is 26.3 Å². The van der Waals surface area contributed by atoms with Crippen LogP contribution in [0.2, 0.25) is 0 Å². The lowest BCUT2D eigenvalue weighted by Crippen LogP contribution is -2.40. The molecule has 1 aliphatic carbocycles. The Hall–Kier alpha value is -5.10. The second kappa shape index (κ2) is 14.1. The Labute approximate surface area is 272 Å². The first-order valence-electron chi connectivity index (χ1n) is 15.6. The van der Waals surface area contributed by atoms with Crippen LogP contribution >= 0.6 is 0 Å². The number of rotatable bonds is 11. The first-order valence-corrected chi connectivity index (χ1v) is 15.6. The Morgan fingerprint density at radius 2 is 1.83 bits per heavy atom. The molecule has 2 amide bonds. The molecule has 0 spiro atoms. The maximum atomic E-state index is 13.9. The van der Waals surface area contributed by atoms with Crippen molar-refractivity contribution in [3.05, 3.63) is 69.6 Å². The van der Waals surface area contributed by atoms with Crippen molar-refractivity contribution >= 4 is 34.2 Å². The summed E-state index contributed by atoms with van der Waals surface area (Å²) in [6.45, 7) is 5.15. The van der Waals surface area contributed by atoms with Crippen LogP contribution in [0.25, 0.3) is 22.2 Å². The first kappa shape index (κ1) is 33.3. The molecule has 248 valence electrons. The molecule has 1 heterocycles. The van der Waals surface area contributed by atoms with E-state index in [0.717, 1.165) is 11.1 Å². The van der Waals surface area contributed by atoms with E-state index in [1.807, 2.05) is 26.0 Å². The van der Waals surface area contributed by atoms with Gasteiger partial charge in [0, 0.05) is 18.2 Å². The first-order chi connectivity index (χ1) is 22.6. The molecule has 0 aliphatic heterocycles. The van der Waals surface area contributed by atoms with Crippen molar-refractivity contribution in [3.8, 4) is 28.4 Å². The van der Waals surface area contributed by atoms with Crippen molar-refractivity contribution in [3.63, 3.8) is 0 Å². The molecule has 0 saturated heterocycles. The van der Waals surface area contributed by atoms with E-state index in [1.54, 1.807) is 38.5 Å². The van der Waals surface area contributed by atoms with Gasteiger partial charge in [0.15, 0.2) is 11.5 Å². The fraction of sp³-hybridized carbons (Fsp3) is 0.371. The van der Waals surface area contributed by atoms with Gasteiger partial charge in [-0.15, -0.1) is 0 Å². The highest BCUT2D eigenvalue weighted by molar-refractivity contribution is 5.98. The molecule has 0 saturated carbocycles. The molecule has 5 N–H and O–H groups in total. The predicted octanol–water partition coefficient (Wildman–Crippen LogP) is 4.70. The highest BCUT2D eigenvalue weighted by atomic mass is 16.5. The fourth-order valence-electron chi connectivity index (χ4n) is 6.13. The molecule has 1 aliphatic rings. The third-order valence-electron chi connectivity index (χ3n) is 8.67. The van der Waals surface area contributed by atoms with E-state index in [4.69, 9.17) is 14.2 Å². The van der Waals surface area contributed by atoms with Crippen LogP contribution in [0.5, 0.6) is 17.2 Å². The molecule has 0 radical (unpaired) electrons. The number of anilines is 2. The van der Waals surface area contributed by atoms with Crippen molar-refractivity contribution in [2.75, 3.05) is 32.0 Å². The smallest absolute Gasteiger partial charge is 0.247 e. The van der Waals surface area contributed by atoms with Gasteiger partial charge in [-0.25, -0.2) is 4.98 Å². The minimum Gasteiger partial charge on any atom is -0.493 e. The maximum absolute atomic E-state index is 13.9. The summed E-state index contributed by atoms with van der Waals surface area (Å²) in [6, 6.07) is 11.0. The molecule has 5 rings (SSSR count). The number of aryl methyl sites for hydroxylation is 1. The summed E-state index contributed by atoms with van der Waals surface area (Å²) in [5.41, 5.74) is 4.77. The Morgan fingerprint density at radius 1 is 1.06 bits per heavy atom. The number of ether oxygens (including phenoxy) is 3. The highest BCUT2D eigenvalue weighted by Crippen LogP contribution is 2.50. The number of hydrogen-bond acceptors (Lipinski definition) is 9.